The van der Waals surface area contributed by atoms with Crippen LogP contribution in [0.4, 0.5) is 0 Å². The lowest BCUT2D eigenvalue weighted by molar-refractivity contribution is 0.314. The Labute approximate surface area is 103 Å². The molecule has 1 aromatic rings. The first kappa shape index (κ1) is 13.8. The second-order valence-corrected chi connectivity index (χ2v) is 4.19. The quantitative estimate of drug-likeness (QED) is 0.706. The minimum atomic E-state index is 0.296. The van der Waals surface area contributed by atoms with Crippen LogP contribution in [0.15, 0.2) is 18.2 Å². The van der Waals surface area contributed by atoms with Gasteiger partial charge in [0.25, 0.3) is 0 Å². The molecule has 4 nitrogen and oxygen atoms in total. The second kappa shape index (κ2) is 7.14. The summed E-state index contributed by atoms with van der Waals surface area (Å²) >= 11 is 0. The van der Waals surface area contributed by atoms with Gasteiger partial charge >= 0.3 is 0 Å². The molecule has 96 valence electrons. The number of nitrogens with one attached hydrogen (secondary N) is 1. The van der Waals surface area contributed by atoms with Crippen molar-refractivity contribution in [1.29, 1.82) is 0 Å². The van der Waals surface area contributed by atoms with Gasteiger partial charge in [-0.25, -0.2) is 0 Å². The van der Waals surface area contributed by atoms with Crippen LogP contribution in [-0.2, 0) is 6.54 Å². The van der Waals surface area contributed by atoms with Gasteiger partial charge in [-0.15, -0.1) is 0 Å². The van der Waals surface area contributed by atoms with Gasteiger partial charge < -0.3 is 20.1 Å². The van der Waals surface area contributed by atoms with E-state index < -0.39 is 0 Å². The Balaban J connectivity index is 2.50. The highest BCUT2D eigenvalue weighted by atomic mass is 16.5. The molecule has 0 amide bonds. The second-order valence-electron chi connectivity index (χ2n) is 4.19. The zero-order valence-electron chi connectivity index (χ0n) is 10.9. The number of benzene rings is 1. The van der Waals surface area contributed by atoms with Gasteiger partial charge in [0.05, 0.1) is 7.11 Å². The fraction of sp³-hybridized carbons (Fsp3) is 0.538. The van der Waals surface area contributed by atoms with Crippen molar-refractivity contribution in [3.63, 3.8) is 0 Å². The summed E-state index contributed by atoms with van der Waals surface area (Å²) in [6, 6.07) is 5.43. The molecule has 2 N–H and O–H groups in total. The molecule has 0 saturated heterocycles. The highest BCUT2D eigenvalue weighted by Gasteiger charge is 2.06. The zero-order valence-corrected chi connectivity index (χ0v) is 10.9. The number of aromatic hydroxyl groups is 1. The van der Waals surface area contributed by atoms with Crippen LogP contribution in [-0.4, -0.2) is 44.3 Å². The molecule has 1 rings (SSSR count). The largest absolute Gasteiger partial charge is 0.507 e. The molecule has 0 heterocycles. The Kier molecular flexibility index (Phi) is 5.80. The molecular weight excluding hydrogens is 216 g/mol. The van der Waals surface area contributed by atoms with E-state index >= 15 is 0 Å². The monoisotopic (exact) mass is 238 g/mol. The van der Waals surface area contributed by atoms with E-state index in [0.717, 1.165) is 31.6 Å². The summed E-state index contributed by atoms with van der Waals surface area (Å²) in [5.41, 5.74) is 0.928. The normalized spacial score (nSPS) is 10.8. The molecule has 17 heavy (non-hydrogen) atoms. The standard InChI is InChI=1S/C13H22N2O2/c1-14-7-4-8-15(2)10-11-5-6-12(17-3)9-13(11)16/h5-6,9,14,16H,4,7-8,10H2,1-3H3. The lowest BCUT2D eigenvalue weighted by Gasteiger charge is -2.17. The van der Waals surface area contributed by atoms with E-state index in [0.29, 0.717) is 11.5 Å². The van der Waals surface area contributed by atoms with E-state index in [1.54, 1.807) is 13.2 Å². The Bertz CT molecular complexity index is 342. The smallest absolute Gasteiger partial charge is 0.123 e. The number of nitrogens with zero attached hydrogens (tertiary/aromatic N) is 1. The minimum Gasteiger partial charge on any atom is -0.507 e. The van der Waals surface area contributed by atoms with E-state index in [1.165, 1.54) is 0 Å². The number of methoxy groups -OCH3 is 1. The van der Waals surface area contributed by atoms with E-state index in [4.69, 9.17) is 4.74 Å². The molecule has 0 fully saturated rings. The van der Waals surface area contributed by atoms with Crippen molar-refractivity contribution < 1.29 is 9.84 Å². The van der Waals surface area contributed by atoms with Gasteiger partial charge in [-0.2, -0.15) is 0 Å². The summed E-state index contributed by atoms with van der Waals surface area (Å²) in [6.45, 7) is 2.77. The van der Waals surface area contributed by atoms with Crippen LogP contribution >= 0.6 is 0 Å². The van der Waals surface area contributed by atoms with Crippen LogP contribution in [0, 0.1) is 0 Å². The van der Waals surface area contributed by atoms with Crippen molar-refractivity contribution in [2.45, 2.75) is 13.0 Å². The molecule has 0 aromatic heterocycles. The van der Waals surface area contributed by atoms with Crippen LogP contribution in [0.5, 0.6) is 11.5 Å². The van der Waals surface area contributed by atoms with Gasteiger partial charge in [0.15, 0.2) is 0 Å². The summed E-state index contributed by atoms with van der Waals surface area (Å²) < 4.78 is 5.05. The van der Waals surface area contributed by atoms with E-state index in [1.807, 2.05) is 19.2 Å². The van der Waals surface area contributed by atoms with Crippen molar-refractivity contribution >= 4 is 0 Å². The average Bonchev–Trinajstić information content (AvgIpc) is 2.32. The van der Waals surface area contributed by atoms with E-state index in [-0.39, 0.29) is 0 Å². The summed E-state index contributed by atoms with van der Waals surface area (Å²) in [7, 11) is 5.60. The molecule has 0 atom stereocenters. The molecule has 1 aromatic carbocycles. The SMILES string of the molecule is CNCCCN(C)Cc1ccc(OC)cc1O. The molecule has 0 bridgehead atoms. The van der Waals surface area contributed by atoms with Gasteiger partial charge in [-0.05, 0) is 39.7 Å². The predicted molar refractivity (Wildman–Crippen MR) is 69.5 cm³/mol. The third kappa shape index (κ3) is 4.63. The number of hydrogen-bond acceptors (Lipinski definition) is 4. The molecule has 0 unspecified atom stereocenters. The van der Waals surface area contributed by atoms with Crippen molar-refractivity contribution in [3.05, 3.63) is 23.8 Å². The van der Waals surface area contributed by atoms with Crippen LogP contribution in [0.2, 0.25) is 0 Å². The molecule has 0 spiro atoms. The van der Waals surface area contributed by atoms with Gasteiger partial charge in [-0.3, -0.25) is 0 Å². The summed E-state index contributed by atoms with van der Waals surface area (Å²) in [5, 5.41) is 12.9. The number of phenolic OH excluding ortho intramolecular Hbond substituents is 1. The first-order chi connectivity index (χ1) is 8.17. The highest BCUT2D eigenvalue weighted by molar-refractivity contribution is 5.39. The maximum Gasteiger partial charge on any atom is 0.123 e. The maximum atomic E-state index is 9.82. The highest BCUT2D eigenvalue weighted by Crippen LogP contribution is 2.24. The van der Waals surface area contributed by atoms with Crippen LogP contribution in [0.1, 0.15) is 12.0 Å². The lowest BCUT2D eigenvalue weighted by atomic mass is 10.2. The van der Waals surface area contributed by atoms with Crippen molar-refractivity contribution in [2.75, 3.05) is 34.3 Å². The predicted octanol–water partition coefficient (Wildman–Crippen LogP) is 1.44. The van der Waals surface area contributed by atoms with E-state index in [9.17, 15) is 5.11 Å². The maximum absolute atomic E-state index is 9.82. The van der Waals surface area contributed by atoms with Gasteiger partial charge in [0.2, 0.25) is 0 Å². The molecule has 4 heteroatoms. The minimum absolute atomic E-state index is 0.296. The average molecular weight is 238 g/mol. The topological polar surface area (TPSA) is 44.7 Å². The van der Waals surface area contributed by atoms with Crippen molar-refractivity contribution in [2.24, 2.45) is 0 Å². The molecule has 0 aliphatic heterocycles. The number of ether oxygens (including phenoxy) is 1. The van der Waals surface area contributed by atoms with Gasteiger partial charge in [0.1, 0.15) is 11.5 Å². The molecule has 0 saturated carbocycles. The lowest BCUT2D eigenvalue weighted by Crippen LogP contribution is -2.22. The van der Waals surface area contributed by atoms with Crippen LogP contribution in [0.3, 0.4) is 0 Å². The molecule has 0 aliphatic carbocycles. The summed E-state index contributed by atoms with van der Waals surface area (Å²) in [5.74, 6) is 0.980. The third-order valence-electron chi connectivity index (χ3n) is 2.70. The third-order valence-corrected chi connectivity index (χ3v) is 2.70. The van der Waals surface area contributed by atoms with Crippen molar-refractivity contribution in [1.82, 2.24) is 10.2 Å². The number of rotatable bonds is 7. The van der Waals surface area contributed by atoms with Gasteiger partial charge in [-0.1, -0.05) is 6.07 Å². The first-order valence-corrected chi connectivity index (χ1v) is 5.86. The molecule has 0 radical (unpaired) electrons. The number of phenols is 1. The van der Waals surface area contributed by atoms with E-state index in [2.05, 4.69) is 17.3 Å². The Morgan fingerprint density at radius 2 is 2.18 bits per heavy atom. The molecule has 0 aliphatic rings. The summed E-state index contributed by atoms with van der Waals surface area (Å²) in [4.78, 5) is 2.19. The fourth-order valence-corrected chi connectivity index (χ4v) is 1.70. The zero-order chi connectivity index (χ0) is 12.7. The Morgan fingerprint density at radius 1 is 1.41 bits per heavy atom. The first-order valence-electron chi connectivity index (χ1n) is 5.86. The fourth-order valence-electron chi connectivity index (χ4n) is 1.70. The summed E-state index contributed by atoms with van der Waals surface area (Å²) in [6.07, 6.45) is 1.10. The Morgan fingerprint density at radius 3 is 2.76 bits per heavy atom. The number of hydrogen-bond donors (Lipinski definition) is 2. The van der Waals surface area contributed by atoms with Crippen LogP contribution in [0.25, 0.3) is 0 Å². The van der Waals surface area contributed by atoms with Crippen LogP contribution < -0.4 is 10.1 Å². The van der Waals surface area contributed by atoms with Crippen molar-refractivity contribution in [3.8, 4) is 11.5 Å². The van der Waals surface area contributed by atoms with Gasteiger partial charge in [0, 0.05) is 18.2 Å². The molecular formula is C13H22N2O2. The Hall–Kier alpha value is -1.26.